The van der Waals surface area contributed by atoms with Crippen molar-refractivity contribution in [1.82, 2.24) is 0 Å². The topological polar surface area (TPSA) is 335 Å². The number of aliphatic hydroxyl groups is 12. The molecule has 0 radical (unpaired) electrons. The van der Waals surface area contributed by atoms with Crippen molar-refractivity contribution in [2.45, 2.75) is 220 Å². The SMILES string of the molecule is C[C@@H]1CC[C@@]2(OC1)OC1C[C@H]3[C@@H]4CC=C5C[C@H](O[C@@H]6O[C@H](CO)[C@H](O[C@@H]7O[C@H](CO)[C@@H](O)[C@H](O[C@@H]8OC[C@@H](O)[C@H](O)[C@H]8O)[C@H]7O[C@@H]7O[C@H](CO)[C@@H](O)[C@H](O)[C@H]7O)[C@H](O)[C@H]6O)CC[C@]5(C)[C@H]4CC[C@]3(C)C1[C@@H]2C. The van der Waals surface area contributed by atoms with Crippen LogP contribution in [0.4, 0.5) is 0 Å². The normalized spacial score (nSPS) is 56.7. The van der Waals surface area contributed by atoms with E-state index in [-0.39, 0.29) is 16.9 Å². The summed E-state index contributed by atoms with van der Waals surface area (Å²) in [6.45, 7) is 7.28. The molecule has 10 aliphatic rings. The minimum atomic E-state index is -2.00. The van der Waals surface area contributed by atoms with Crippen LogP contribution in [0, 0.1) is 46.3 Å². The molecule has 0 aromatic rings. The molecule has 412 valence electrons. The largest absolute Gasteiger partial charge is 0.394 e. The second-order valence-corrected chi connectivity index (χ2v) is 23.5. The molecule has 72 heavy (non-hydrogen) atoms. The van der Waals surface area contributed by atoms with Crippen LogP contribution in [-0.4, -0.2) is 229 Å². The van der Waals surface area contributed by atoms with Crippen LogP contribution in [0.15, 0.2) is 11.6 Å². The molecule has 30 atom stereocenters. The molecule has 3 saturated carbocycles. The van der Waals surface area contributed by atoms with Crippen molar-refractivity contribution in [2.24, 2.45) is 46.3 Å². The van der Waals surface area contributed by atoms with Crippen LogP contribution in [0.5, 0.6) is 0 Å². The first-order valence-corrected chi connectivity index (χ1v) is 26.4. The number of allylic oxidation sites excluding steroid dienone is 1. The molecule has 6 aliphatic heterocycles. The molecule has 9 fully saturated rings. The number of fused-ring (bicyclic) bond motifs is 7. The number of ether oxygens (including phenoxy) is 10. The molecule has 10 rings (SSSR count). The zero-order valence-electron chi connectivity index (χ0n) is 41.5. The van der Waals surface area contributed by atoms with E-state index in [1.54, 1.807) is 0 Å². The van der Waals surface area contributed by atoms with Crippen LogP contribution in [0.25, 0.3) is 0 Å². The van der Waals surface area contributed by atoms with E-state index in [2.05, 4.69) is 33.8 Å². The summed E-state index contributed by atoms with van der Waals surface area (Å²) in [4.78, 5) is 0. The zero-order valence-corrected chi connectivity index (χ0v) is 41.5. The van der Waals surface area contributed by atoms with Crippen LogP contribution in [0.2, 0.25) is 0 Å². The van der Waals surface area contributed by atoms with Gasteiger partial charge < -0.3 is 109 Å². The maximum atomic E-state index is 11.8. The lowest BCUT2D eigenvalue weighted by molar-refractivity contribution is -0.403. The van der Waals surface area contributed by atoms with E-state index in [0.717, 1.165) is 51.6 Å². The van der Waals surface area contributed by atoms with Gasteiger partial charge in [-0.25, -0.2) is 0 Å². The van der Waals surface area contributed by atoms with Gasteiger partial charge in [-0.05, 0) is 91.8 Å². The van der Waals surface area contributed by atoms with Gasteiger partial charge in [-0.2, -0.15) is 0 Å². The van der Waals surface area contributed by atoms with Gasteiger partial charge in [0, 0.05) is 12.3 Å². The summed E-state index contributed by atoms with van der Waals surface area (Å²) in [5, 5.41) is 129. The molecule has 2 unspecified atom stereocenters. The fraction of sp³-hybridized carbons (Fsp3) is 0.960. The summed E-state index contributed by atoms with van der Waals surface area (Å²) in [5.41, 5.74) is 1.44. The van der Waals surface area contributed by atoms with Gasteiger partial charge in [-0.15, -0.1) is 0 Å². The molecule has 22 nitrogen and oxygen atoms in total. The Morgan fingerprint density at radius 2 is 1.24 bits per heavy atom. The van der Waals surface area contributed by atoms with E-state index >= 15 is 0 Å². The summed E-state index contributed by atoms with van der Waals surface area (Å²) in [5.74, 6) is 2.46. The van der Waals surface area contributed by atoms with Gasteiger partial charge in [0.25, 0.3) is 0 Å². The van der Waals surface area contributed by atoms with Crippen molar-refractivity contribution in [3.63, 3.8) is 0 Å². The molecule has 0 aromatic carbocycles. The summed E-state index contributed by atoms with van der Waals surface area (Å²) in [7, 11) is 0. The molecule has 1 spiro atoms. The number of rotatable bonds is 11. The van der Waals surface area contributed by atoms with Gasteiger partial charge in [-0.3, -0.25) is 0 Å². The van der Waals surface area contributed by atoms with Gasteiger partial charge in [0.05, 0.1) is 45.2 Å². The van der Waals surface area contributed by atoms with Crippen molar-refractivity contribution in [3.05, 3.63) is 11.6 Å². The Hall–Kier alpha value is -1.14. The second kappa shape index (κ2) is 20.9. The summed E-state index contributed by atoms with van der Waals surface area (Å²) in [6, 6.07) is 0. The highest BCUT2D eigenvalue weighted by Crippen LogP contribution is 2.70. The van der Waals surface area contributed by atoms with Gasteiger partial charge in [0.2, 0.25) is 0 Å². The van der Waals surface area contributed by atoms with Crippen LogP contribution >= 0.6 is 0 Å². The first-order valence-electron chi connectivity index (χ1n) is 26.4. The average Bonchev–Trinajstić information content (AvgIpc) is 3.82. The molecule has 12 N–H and O–H groups in total. The van der Waals surface area contributed by atoms with Crippen molar-refractivity contribution in [3.8, 4) is 0 Å². The van der Waals surface area contributed by atoms with Crippen molar-refractivity contribution >= 4 is 0 Å². The smallest absolute Gasteiger partial charge is 0.187 e. The summed E-state index contributed by atoms with van der Waals surface area (Å²) >= 11 is 0. The summed E-state index contributed by atoms with van der Waals surface area (Å²) < 4.78 is 61.3. The monoisotopic (exact) mass is 1030 g/mol. The van der Waals surface area contributed by atoms with E-state index in [1.807, 2.05) is 0 Å². The minimum Gasteiger partial charge on any atom is -0.394 e. The van der Waals surface area contributed by atoms with E-state index in [0.29, 0.717) is 48.3 Å². The van der Waals surface area contributed by atoms with E-state index in [1.165, 1.54) is 5.57 Å². The molecule has 6 heterocycles. The average molecular weight is 1030 g/mol. The molecule has 0 bridgehead atoms. The van der Waals surface area contributed by atoms with Crippen molar-refractivity contribution in [1.29, 1.82) is 0 Å². The second-order valence-electron chi connectivity index (χ2n) is 23.5. The Morgan fingerprint density at radius 1 is 0.597 bits per heavy atom. The predicted molar refractivity (Wildman–Crippen MR) is 242 cm³/mol. The highest BCUT2D eigenvalue weighted by atomic mass is 16.8. The maximum Gasteiger partial charge on any atom is 0.187 e. The molecule has 0 aromatic heterocycles. The molecule has 22 heteroatoms. The number of aliphatic hydroxyl groups excluding tert-OH is 12. The van der Waals surface area contributed by atoms with Crippen molar-refractivity contribution in [2.75, 3.05) is 33.0 Å². The Labute approximate surface area is 419 Å². The van der Waals surface area contributed by atoms with Gasteiger partial charge in [0.15, 0.2) is 30.9 Å². The third-order valence-corrected chi connectivity index (χ3v) is 19.4. The molecular weight excluding hydrogens is 953 g/mol. The van der Waals surface area contributed by atoms with Crippen LogP contribution < -0.4 is 0 Å². The first-order chi connectivity index (χ1) is 34.3. The lowest BCUT2D eigenvalue weighted by atomic mass is 9.47. The third-order valence-electron chi connectivity index (χ3n) is 19.4. The first kappa shape index (κ1) is 54.2. The zero-order chi connectivity index (χ0) is 51.3. The molecule has 0 amide bonds. The lowest BCUT2D eigenvalue weighted by Gasteiger charge is -2.58. The van der Waals surface area contributed by atoms with Crippen molar-refractivity contribution < 1.29 is 109 Å². The number of hydrogen-bond acceptors (Lipinski definition) is 22. The van der Waals surface area contributed by atoms with Crippen LogP contribution in [0.3, 0.4) is 0 Å². The fourth-order valence-electron chi connectivity index (χ4n) is 15.3. The Balaban J connectivity index is 0.826. The Bertz CT molecular complexity index is 1890. The van der Waals surface area contributed by atoms with Gasteiger partial charge >= 0.3 is 0 Å². The quantitative estimate of drug-likeness (QED) is 0.0964. The fourth-order valence-corrected chi connectivity index (χ4v) is 15.3. The molecular formula is C50H80O22. The lowest BCUT2D eigenvalue weighted by Crippen LogP contribution is -2.68. The molecule has 6 saturated heterocycles. The third kappa shape index (κ3) is 9.18. The highest BCUT2D eigenvalue weighted by Gasteiger charge is 2.69. The van der Waals surface area contributed by atoms with E-state index < -0.39 is 155 Å². The minimum absolute atomic E-state index is 0.0473. The van der Waals surface area contributed by atoms with E-state index in [4.69, 9.17) is 47.4 Å². The van der Waals surface area contributed by atoms with Gasteiger partial charge in [-0.1, -0.05) is 39.3 Å². The Kier molecular flexibility index (Phi) is 15.7. The molecule has 4 aliphatic carbocycles. The van der Waals surface area contributed by atoms with Gasteiger partial charge in [0.1, 0.15) is 91.6 Å². The predicted octanol–water partition coefficient (Wildman–Crippen LogP) is -2.35. The highest BCUT2D eigenvalue weighted by molar-refractivity contribution is 5.26. The van der Waals surface area contributed by atoms with E-state index in [9.17, 15) is 61.3 Å². The van der Waals surface area contributed by atoms with Crippen LogP contribution in [0.1, 0.15) is 85.5 Å². The standard InChI is InChI=1S/C50H80O22/c1-20-7-12-50(64-18-20)21(2)32-28(72-50)14-26-24-6-5-22-13-23(8-10-48(22,3)25(24)9-11-49(26,32)4)65-45-40(62)37(59)41(31(17-53)68-45)69-47-43(71-46-39(61)36(58)34(56)29(15-51)66-46)42(35(57)30(16-52)67-47)70-44-38(60)33(55)27(54)19-63-44/h5,20-21,23-47,51-62H,6-19H2,1-4H3/t20-,21+,23-,24-,25+,26+,27-,28?,29-,30-,31-,32?,33+,34-,35-,36+,37-,38-,39-,40-,41+,42+,43-,44+,45-,46+,47+,48+,49+,50-/m1/s1. The Morgan fingerprint density at radius 3 is 1.94 bits per heavy atom. The maximum absolute atomic E-state index is 11.8. The summed E-state index contributed by atoms with van der Waals surface area (Å²) in [6.07, 6.45) is -22.3. The number of hydrogen-bond donors (Lipinski definition) is 12. The van der Waals surface area contributed by atoms with Crippen LogP contribution in [-0.2, 0) is 47.4 Å².